The minimum absolute atomic E-state index is 0.0224. The molecule has 96 valence electrons. The highest BCUT2D eigenvalue weighted by Crippen LogP contribution is 2.29. The quantitative estimate of drug-likeness (QED) is 0.802. The molecule has 4 nitrogen and oxygen atoms in total. The second-order valence-corrected chi connectivity index (χ2v) is 6.23. The number of nitrogens with one attached hydrogen (secondary N) is 1. The van der Waals surface area contributed by atoms with Crippen molar-refractivity contribution in [1.29, 1.82) is 0 Å². The van der Waals surface area contributed by atoms with Crippen LogP contribution < -0.4 is 5.32 Å². The van der Waals surface area contributed by atoms with E-state index in [0.29, 0.717) is 6.42 Å². The van der Waals surface area contributed by atoms with E-state index in [1.807, 2.05) is 37.4 Å². The zero-order valence-corrected chi connectivity index (χ0v) is 11.5. The van der Waals surface area contributed by atoms with E-state index < -0.39 is 5.54 Å². The van der Waals surface area contributed by atoms with Gasteiger partial charge in [-0.1, -0.05) is 6.92 Å². The number of hydrogen-bond donors (Lipinski definition) is 1. The molecule has 17 heavy (non-hydrogen) atoms. The highest BCUT2D eigenvalue weighted by atomic mass is 32.2. The molecule has 0 aromatic heterocycles. The molecule has 2 fully saturated rings. The van der Waals surface area contributed by atoms with Gasteiger partial charge in [-0.2, -0.15) is 11.8 Å². The molecule has 1 N–H and O–H groups in total. The Labute approximate surface area is 106 Å². The molecule has 2 heterocycles. The molecule has 0 spiro atoms. The van der Waals surface area contributed by atoms with Crippen LogP contribution in [0.25, 0.3) is 0 Å². The van der Waals surface area contributed by atoms with Crippen LogP contribution in [0.3, 0.4) is 0 Å². The van der Waals surface area contributed by atoms with Crippen molar-refractivity contribution in [2.75, 3.05) is 11.5 Å². The lowest BCUT2D eigenvalue weighted by Crippen LogP contribution is -2.70. The first-order valence-electron chi connectivity index (χ1n) is 6.22. The van der Waals surface area contributed by atoms with E-state index in [1.165, 1.54) is 0 Å². The number of carbonyl (C=O) groups excluding carboxylic acids is 2. The van der Waals surface area contributed by atoms with E-state index >= 15 is 0 Å². The molecular weight excluding hydrogens is 236 g/mol. The highest BCUT2D eigenvalue weighted by molar-refractivity contribution is 7.99. The summed E-state index contributed by atoms with van der Waals surface area (Å²) in [5.74, 6) is 2.11. The number of nitrogens with zero attached hydrogens (tertiary/aromatic N) is 1. The van der Waals surface area contributed by atoms with Gasteiger partial charge < -0.3 is 10.2 Å². The van der Waals surface area contributed by atoms with Crippen LogP contribution in [0.2, 0.25) is 0 Å². The Bertz CT molecular complexity index is 341. The number of piperazine rings is 1. The van der Waals surface area contributed by atoms with E-state index in [1.54, 1.807) is 0 Å². The number of amides is 2. The van der Waals surface area contributed by atoms with Gasteiger partial charge >= 0.3 is 0 Å². The summed E-state index contributed by atoms with van der Waals surface area (Å²) in [6.07, 6.45) is 1.65. The third-order valence-corrected chi connectivity index (χ3v) is 5.05. The minimum atomic E-state index is -0.711. The van der Waals surface area contributed by atoms with Crippen molar-refractivity contribution >= 4 is 23.6 Å². The summed E-state index contributed by atoms with van der Waals surface area (Å²) < 4.78 is 0. The molecule has 2 aliphatic rings. The molecule has 0 aromatic carbocycles. The summed E-state index contributed by atoms with van der Waals surface area (Å²) in [5.41, 5.74) is -0.711. The van der Waals surface area contributed by atoms with Crippen molar-refractivity contribution in [2.45, 2.75) is 51.2 Å². The van der Waals surface area contributed by atoms with Crippen LogP contribution in [-0.2, 0) is 9.59 Å². The van der Waals surface area contributed by atoms with Crippen molar-refractivity contribution in [3.8, 4) is 0 Å². The number of thioether (sulfide) groups is 1. The normalized spacial score (nSPS) is 38.4. The first-order valence-corrected chi connectivity index (χ1v) is 7.37. The fraction of sp³-hybridized carbons (Fsp3) is 0.833. The maximum atomic E-state index is 12.5. The molecule has 0 bridgehead atoms. The molecule has 3 atom stereocenters. The largest absolute Gasteiger partial charge is 0.340 e. The maximum Gasteiger partial charge on any atom is 0.248 e. The lowest BCUT2D eigenvalue weighted by atomic mass is 9.91. The summed E-state index contributed by atoms with van der Waals surface area (Å²) in [5, 5.41) is 2.86. The van der Waals surface area contributed by atoms with Gasteiger partial charge in [-0.3, -0.25) is 9.59 Å². The lowest BCUT2D eigenvalue weighted by molar-refractivity contribution is -0.156. The summed E-state index contributed by atoms with van der Waals surface area (Å²) in [7, 11) is 0. The van der Waals surface area contributed by atoms with Crippen molar-refractivity contribution in [3.63, 3.8) is 0 Å². The molecule has 0 aliphatic carbocycles. The summed E-state index contributed by atoms with van der Waals surface area (Å²) in [6, 6.07) is -0.0924. The van der Waals surface area contributed by atoms with Crippen LogP contribution in [0.4, 0.5) is 0 Å². The molecule has 0 aromatic rings. The van der Waals surface area contributed by atoms with E-state index in [4.69, 9.17) is 0 Å². The minimum Gasteiger partial charge on any atom is -0.340 e. The van der Waals surface area contributed by atoms with E-state index in [9.17, 15) is 9.59 Å². The monoisotopic (exact) mass is 256 g/mol. The molecule has 2 saturated heterocycles. The summed E-state index contributed by atoms with van der Waals surface area (Å²) in [4.78, 5) is 26.3. The highest BCUT2D eigenvalue weighted by Gasteiger charge is 2.48. The topological polar surface area (TPSA) is 49.4 Å². The second kappa shape index (κ2) is 4.52. The van der Waals surface area contributed by atoms with E-state index in [-0.39, 0.29) is 23.9 Å². The Morgan fingerprint density at radius 3 is 2.76 bits per heavy atom. The third kappa shape index (κ3) is 2.05. The maximum absolute atomic E-state index is 12.5. The molecule has 2 aliphatic heterocycles. The molecular formula is C12H20N2O2S. The Hall–Kier alpha value is -0.710. The van der Waals surface area contributed by atoms with E-state index in [2.05, 4.69) is 5.32 Å². The zero-order chi connectivity index (χ0) is 12.6. The van der Waals surface area contributed by atoms with Crippen LogP contribution >= 0.6 is 11.8 Å². The van der Waals surface area contributed by atoms with Crippen LogP contribution in [0.1, 0.15) is 33.6 Å². The standard InChI is InChI=1S/C12H20N2O2S/c1-4-12(3)11(16)14(8(2)10(15)13-12)9-5-6-17-7-9/h8-9H,4-7H2,1-3H3,(H,13,15). The van der Waals surface area contributed by atoms with Gasteiger partial charge in [0.25, 0.3) is 0 Å². The first kappa shape index (κ1) is 12.7. The third-order valence-electron chi connectivity index (χ3n) is 3.91. The molecule has 5 heteroatoms. The van der Waals surface area contributed by atoms with Crippen LogP contribution in [0.5, 0.6) is 0 Å². The zero-order valence-electron chi connectivity index (χ0n) is 10.7. The van der Waals surface area contributed by atoms with Gasteiger partial charge in [-0.05, 0) is 32.4 Å². The SMILES string of the molecule is CCC1(C)NC(=O)C(C)N(C2CCSC2)C1=O. The Morgan fingerprint density at radius 1 is 1.53 bits per heavy atom. The average molecular weight is 256 g/mol. The predicted molar refractivity (Wildman–Crippen MR) is 68.9 cm³/mol. The van der Waals surface area contributed by atoms with Crippen LogP contribution in [-0.4, -0.2) is 45.8 Å². The average Bonchev–Trinajstić information content (AvgIpc) is 2.80. The summed E-state index contributed by atoms with van der Waals surface area (Å²) >= 11 is 1.86. The molecule has 3 unspecified atom stereocenters. The van der Waals surface area contributed by atoms with Crippen LogP contribution in [0.15, 0.2) is 0 Å². The predicted octanol–water partition coefficient (Wildman–Crippen LogP) is 1.01. The summed E-state index contributed by atoms with van der Waals surface area (Å²) in [6.45, 7) is 5.59. The first-order chi connectivity index (χ1) is 7.99. The van der Waals surface area contributed by atoms with Crippen molar-refractivity contribution in [3.05, 3.63) is 0 Å². The molecule has 2 amide bonds. The fourth-order valence-electron chi connectivity index (χ4n) is 2.48. The number of hydrogen-bond acceptors (Lipinski definition) is 3. The fourth-order valence-corrected chi connectivity index (χ4v) is 3.68. The van der Waals surface area contributed by atoms with Crippen LogP contribution in [0, 0.1) is 0 Å². The van der Waals surface area contributed by atoms with E-state index in [0.717, 1.165) is 17.9 Å². The number of carbonyl (C=O) groups is 2. The lowest BCUT2D eigenvalue weighted by Gasteiger charge is -2.45. The van der Waals surface area contributed by atoms with Gasteiger partial charge in [-0.15, -0.1) is 0 Å². The number of rotatable bonds is 2. The van der Waals surface area contributed by atoms with Gasteiger partial charge in [0, 0.05) is 11.8 Å². The van der Waals surface area contributed by atoms with Gasteiger partial charge in [0.1, 0.15) is 11.6 Å². The molecule has 0 radical (unpaired) electrons. The Balaban J connectivity index is 2.27. The second-order valence-electron chi connectivity index (χ2n) is 5.08. The van der Waals surface area contributed by atoms with Gasteiger partial charge in [-0.25, -0.2) is 0 Å². The van der Waals surface area contributed by atoms with Crippen molar-refractivity contribution in [2.24, 2.45) is 0 Å². The van der Waals surface area contributed by atoms with Gasteiger partial charge in [0.15, 0.2) is 0 Å². The van der Waals surface area contributed by atoms with Gasteiger partial charge in [0.2, 0.25) is 11.8 Å². The smallest absolute Gasteiger partial charge is 0.248 e. The van der Waals surface area contributed by atoms with Gasteiger partial charge in [0.05, 0.1) is 0 Å². The van der Waals surface area contributed by atoms with Crippen molar-refractivity contribution in [1.82, 2.24) is 10.2 Å². The molecule has 0 saturated carbocycles. The molecule has 2 rings (SSSR count). The van der Waals surface area contributed by atoms with Crippen molar-refractivity contribution < 1.29 is 9.59 Å². The Kier molecular flexibility index (Phi) is 3.39. The Morgan fingerprint density at radius 2 is 2.24 bits per heavy atom.